The number of aromatic amines is 1. The van der Waals surface area contributed by atoms with Crippen LogP contribution in [0.3, 0.4) is 0 Å². The summed E-state index contributed by atoms with van der Waals surface area (Å²) in [5, 5.41) is 1.02. The van der Waals surface area contributed by atoms with E-state index in [0.717, 1.165) is 40.4 Å². The first-order valence-electron chi connectivity index (χ1n) is 9.20. The van der Waals surface area contributed by atoms with Crippen molar-refractivity contribution in [2.24, 2.45) is 0 Å². The molecule has 142 valence electrons. The second-order valence-electron chi connectivity index (χ2n) is 7.36. The second kappa shape index (κ2) is 6.77. The topological polar surface area (TPSA) is 53.2 Å². The number of rotatable bonds is 3. The molecule has 0 aliphatic carbocycles. The highest BCUT2D eigenvalue weighted by Gasteiger charge is 2.31. The van der Waals surface area contributed by atoms with E-state index < -0.39 is 10.0 Å². The molecule has 0 spiro atoms. The Morgan fingerprint density at radius 1 is 1.04 bits per heavy atom. The lowest BCUT2D eigenvalue weighted by molar-refractivity contribution is 0.320. The van der Waals surface area contributed by atoms with Gasteiger partial charge in [0.1, 0.15) is 5.82 Å². The number of fused-ring (bicyclic) bond motifs is 1. The Morgan fingerprint density at radius 3 is 2.48 bits per heavy atom. The molecule has 2 heterocycles. The number of nitrogens with zero attached hydrogens (tertiary/aromatic N) is 1. The predicted octanol–water partition coefficient (Wildman–Crippen LogP) is 4.49. The van der Waals surface area contributed by atoms with Crippen LogP contribution in [-0.2, 0) is 10.0 Å². The van der Waals surface area contributed by atoms with Gasteiger partial charge in [-0.2, -0.15) is 4.31 Å². The zero-order valence-electron chi connectivity index (χ0n) is 15.5. The zero-order chi connectivity index (χ0) is 19.2. The first kappa shape index (κ1) is 18.2. The summed E-state index contributed by atoms with van der Waals surface area (Å²) in [7, 11) is -3.47. The smallest absolute Gasteiger partial charge is 0.243 e. The summed E-state index contributed by atoms with van der Waals surface area (Å²) in [6, 6.07) is 10.1. The number of H-pyrrole nitrogens is 1. The lowest BCUT2D eigenvalue weighted by Gasteiger charge is -2.31. The predicted molar refractivity (Wildman–Crippen MR) is 105 cm³/mol. The molecule has 0 amide bonds. The number of hydrogen-bond acceptors (Lipinski definition) is 2. The Kier molecular flexibility index (Phi) is 4.56. The number of sulfonamides is 1. The van der Waals surface area contributed by atoms with Crippen LogP contribution < -0.4 is 0 Å². The molecule has 0 unspecified atom stereocenters. The molecule has 1 aromatic heterocycles. The molecule has 0 atom stereocenters. The van der Waals surface area contributed by atoms with E-state index in [0.29, 0.717) is 18.0 Å². The third kappa shape index (κ3) is 3.28. The summed E-state index contributed by atoms with van der Waals surface area (Å²) in [4.78, 5) is 3.50. The summed E-state index contributed by atoms with van der Waals surface area (Å²) >= 11 is 0. The van der Waals surface area contributed by atoms with Crippen LogP contribution in [0.2, 0.25) is 0 Å². The van der Waals surface area contributed by atoms with Crippen molar-refractivity contribution < 1.29 is 12.8 Å². The van der Waals surface area contributed by atoms with Gasteiger partial charge in [-0.1, -0.05) is 6.07 Å². The maximum absolute atomic E-state index is 13.4. The molecular weight excluding hydrogens is 363 g/mol. The molecular formula is C21H23FN2O2S. The molecule has 4 nitrogen and oxygen atoms in total. The number of hydrogen-bond donors (Lipinski definition) is 1. The van der Waals surface area contributed by atoms with Crippen LogP contribution in [0.1, 0.15) is 35.4 Å². The van der Waals surface area contributed by atoms with Crippen molar-refractivity contribution in [2.75, 3.05) is 13.1 Å². The Bertz CT molecular complexity index is 1100. The van der Waals surface area contributed by atoms with Crippen LogP contribution >= 0.6 is 0 Å². The van der Waals surface area contributed by atoms with E-state index in [2.05, 4.69) is 4.98 Å². The van der Waals surface area contributed by atoms with E-state index in [-0.39, 0.29) is 11.7 Å². The van der Waals surface area contributed by atoms with Crippen molar-refractivity contribution in [3.63, 3.8) is 0 Å². The largest absolute Gasteiger partial charge is 0.361 e. The quantitative estimate of drug-likeness (QED) is 0.721. The Hall–Kier alpha value is -2.18. The normalized spacial score (nSPS) is 16.9. The molecule has 6 heteroatoms. The van der Waals surface area contributed by atoms with E-state index >= 15 is 0 Å². The van der Waals surface area contributed by atoms with Crippen LogP contribution in [0.25, 0.3) is 10.9 Å². The van der Waals surface area contributed by atoms with E-state index in [9.17, 15) is 12.8 Å². The Morgan fingerprint density at radius 2 is 1.78 bits per heavy atom. The fraction of sp³-hybridized carbons (Fsp3) is 0.333. The summed E-state index contributed by atoms with van der Waals surface area (Å²) in [5.41, 5.74) is 4.00. The molecule has 1 fully saturated rings. The van der Waals surface area contributed by atoms with Gasteiger partial charge in [-0.15, -0.1) is 0 Å². The molecule has 1 aliphatic heterocycles. The van der Waals surface area contributed by atoms with E-state index in [1.54, 1.807) is 22.5 Å². The second-order valence-corrected chi connectivity index (χ2v) is 9.30. The molecule has 4 rings (SSSR count). The molecule has 1 saturated heterocycles. The van der Waals surface area contributed by atoms with Crippen molar-refractivity contribution >= 4 is 20.9 Å². The minimum absolute atomic E-state index is 0.259. The SMILES string of the molecule is Cc1ccc(S(=O)(=O)N2CCC(c3c[nH]c4cc(F)ccc34)CC2)cc1C. The van der Waals surface area contributed by atoms with Gasteiger partial charge in [-0.3, -0.25) is 0 Å². The minimum Gasteiger partial charge on any atom is -0.361 e. The average molecular weight is 386 g/mol. The van der Waals surface area contributed by atoms with Crippen molar-refractivity contribution in [1.29, 1.82) is 0 Å². The van der Waals surface area contributed by atoms with Crippen LogP contribution in [0.15, 0.2) is 47.5 Å². The van der Waals surface area contributed by atoms with Crippen molar-refractivity contribution in [3.8, 4) is 0 Å². The van der Waals surface area contributed by atoms with Crippen LogP contribution in [-0.4, -0.2) is 30.8 Å². The van der Waals surface area contributed by atoms with Gasteiger partial charge in [0.05, 0.1) is 4.90 Å². The van der Waals surface area contributed by atoms with Crippen LogP contribution in [0.5, 0.6) is 0 Å². The maximum atomic E-state index is 13.4. The van der Waals surface area contributed by atoms with Gasteiger partial charge in [0.15, 0.2) is 0 Å². The first-order chi connectivity index (χ1) is 12.9. The van der Waals surface area contributed by atoms with Crippen molar-refractivity contribution in [3.05, 3.63) is 65.1 Å². The third-order valence-corrected chi connectivity index (χ3v) is 7.58. The molecule has 0 saturated carbocycles. The lowest BCUT2D eigenvalue weighted by atomic mass is 9.90. The number of benzene rings is 2. The molecule has 1 aliphatic rings. The number of nitrogens with one attached hydrogen (secondary N) is 1. The van der Waals surface area contributed by atoms with Gasteiger partial charge >= 0.3 is 0 Å². The van der Waals surface area contributed by atoms with Gasteiger partial charge in [0, 0.05) is 30.2 Å². The highest BCUT2D eigenvalue weighted by molar-refractivity contribution is 7.89. The number of piperidine rings is 1. The van der Waals surface area contributed by atoms with Gasteiger partial charge in [-0.25, -0.2) is 12.8 Å². The monoisotopic (exact) mass is 386 g/mol. The molecule has 27 heavy (non-hydrogen) atoms. The third-order valence-electron chi connectivity index (χ3n) is 5.69. The van der Waals surface area contributed by atoms with Gasteiger partial charge in [0.25, 0.3) is 0 Å². The summed E-state index contributed by atoms with van der Waals surface area (Å²) in [6.45, 7) is 4.90. The van der Waals surface area contributed by atoms with Crippen LogP contribution in [0.4, 0.5) is 4.39 Å². The fourth-order valence-corrected chi connectivity index (χ4v) is 5.44. The number of halogens is 1. The van der Waals surface area contributed by atoms with Crippen molar-refractivity contribution in [2.45, 2.75) is 37.5 Å². The molecule has 0 radical (unpaired) electrons. The minimum atomic E-state index is -3.47. The van der Waals surface area contributed by atoms with Gasteiger partial charge < -0.3 is 4.98 Å². The van der Waals surface area contributed by atoms with E-state index in [4.69, 9.17) is 0 Å². The highest BCUT2D eigenvalue weighted by Crippen LogP contribution is 2.35. The first-order valence-corrected chi connectivity index (χ1v) is 10.6. The summed E-state index contributed by atoms with van der Waals surface area (Å²) in [6.07, 6.45) is 3.45. The maximum Gasteiger partial charge on any atom is 0.243 e. The number of aryl methyl sites for hydroxylation is 2. The standard InChI is InChI=1S/C21H23FN2O2S/c1-14-3-5-18(11-15(14)2)27(25,26)24-9-7-16(8-10-24)20-13-23-21-12-17(22)4-6-19(20)21/h3-6,11-13,16,23H,7-10H2,1-2H3. The Labute approximate surface area is 159 Å². The van der Waals surface area contributed by atoms with Gasteiger partial charge in [0.2, 0.25) is 10.0 Å². The highest BCUT2D eigenvalue weighted by atomic mass is 32.2. The zero-order valence-corrected chi connectivity index (χ0v) is 16.3. The molecule has 3 aromatic rings. The average Bonchev–Trinajstić information content (AvgIpc) is 3.07. The van der Waals surface area contributed by atoms with E-state index in [1.165, 1.54) is 12.1 Å². The molecule has 2 aromatic carbocycles. The van der Waals surface area contributed by atoms with E-state index in [1.807, 2.05) is 26.1 Å². The van der Waals surface area contributed by atoms with Crippen LogP contribution in [0, 0.1) is 19.7 Å². The van der Waals surface area contributed by atoms with Gasteiger partial charge in [-0.05, 0) is 79.6 Å². The fourth-order valence-electron chi connectivity index (χ4n) is 3.89. The summed E-state index contributed by atoms with van der Waals surface area (Å²) < 4.78 is 40.9. The lowest BCUT2D eigenvalue weighted by Crippen LogP contribution is -2.37. The number of aromatic nitrogens is 1. The summed E-state index contributed by atoms with van der Waals surface area (Å²) in [5.74, 6) is 0.0145. The molecule has 1 N–H and O–H groups in total. The Balaban J connectivity index is 1.53. The van der Waals surface area contributed by atoms with Crippen molar-refractivity contribution in [1.82, 2.24) is 9.29 Å². The molecule has 0 bridgehead atoms.